The molecule has 0 spiro atoms. The summed E-state index contributed by atoms with van der Waals surface area (Å²) in [5, 5.41) is 16.4. The summed E-state index contributed by atoms with van der Waals surface area (Å²) in [4.78, 5) is 17.8. The first-order chi connectivity index (χ1) is 15.4. The van der Waals surface area contributed by atoms with Gasteiger partial charge in [0.05, 0.1) is 24.5 Å². The lowest BCUT2D eigenvalue weighted by Crippen LogP contribution is -2.42. The summed E-state index contributed by atoms with van der Waals surface area (Å²) in [5.41, 5.74) is 4.89. The maximum atomic E-state index is 13.2. The Bertz CT molecular complexity index is 1190. The third kappa shape index (κ3) is 3.89. The molecule has 3 heterocycles. The molecule has 2 amide bonds. The van der Waals surface area contributed by atoms with E-state index in [1.54, 1.807) is 4.68 Å². The van der Waals surface area contributed by atoms with Crippen LogP contribution in [0, 0.1) is 6.92 Å². The minimum absolute atomic E-state index is 0.103. The zero-order valence-electron chi connectivity index (χ0n) is 18.4. The van der Waals surface area contributed by atoms with Gasteiger partial charge in [-0.3, -0.25) is 4.98 Å². The molecule has 5 rings (SSSR count). The molecule has 2 aliphatic carbocycles. The molecule has 32 heavy (non-hydrogen) atoms. The number of carbonyl (C=O) groups excluding carboxylic acids is 1. The van der Waals surface area contributed by atoms with E-state index in [9.17, 15) is 9.00 Å². The van der Waals surface area contributed by atoms with Gasteiger partial charge in [-0.2, -0.15) is 5.10 Å². The molecule has 3 aliphatic rings. The van der Waals surface area contributed by atoms with Gasteiger partial charge in [0.2, 0.25) is 5.88 Å². The molecule has 1 aliphatic heterocycles. The Labute approximate surface area is 187 Å². The Hall–Kier alpha value is -2.50. The number of fused-ring (bicyclic) bond motifs is 2. The summed E-state index contributed by atoms with van der Waals surface area (Å²) < 4.78 is 24.4. The van der Waals surface area contributed by atoms with Crippen molar-refractivity contribution < 1.29 is 13.7 Å². The predicted octanol–water partition coefficient (Wildman–Crippen LogP) is 2.26. The number of rotatable bonds is 5. The predicted molar refractivity (Wildman–Crippen MR) is 120 cm³/mol. The van der Waals surface area contributed by atoms with Gasteiger partial charge < -0.3 is 15.4 Å². The first-order valence-electron chi connectivity index (χ1n) is 11.2. The minimum Gasteiger partial charge on any atom is -0.475 e. The molecule has 1 fully saturated rings. The lowest BCUT2D eigenvalue weighted by atomic mass is 10.0. The lowest BCUT2D eigenvalue weighted by molar-refractivity contribution is 0.180. The molecular formula is C21H29N7O3S. The van der Waals surface area contributed by atoms with Crippen molar-refractivity contribution in [3.63, 3.8) is 0 Å². The van der Waals surface area contributed by atoms with Crippen LogP contribution < -0.4 is 20.5 Å². The number of nitrogens with zero attached hydrogens (tertiary/aromatic N) is 4. The van der Waals surface area contributed by atoms with Crippen molar-refractivity contribution in [2.75, 3.05) is 18.5 Å². The minimum atomic E-state index is -3.53. The van der Waals surface area contributed by atoms with Crippen LogP contribution in [0.15, 0.2) is 15.5 Å². The third-order valence-corrected chi connectivity index (χ3v) is 7.65. The van der Waals surface area contributed by atoms with Gasteiger partial charge in [-0.25, -0.2) is 18.8 Å². The number of urea groups is 1. The Kier molecular flexibility index (Phi) is 5.42. The van der Waals surface area contributed by atoms with Gasteiger partial charge in [0.15, 0.2) is 9.92 Å². The van der Waals surface area contributed by atoms with Crippen LogP contribution >= 0.6 is 0 Å². The number of likely N-dealkylation sites (N-methyl/N-ethyl adjacent to an activating group) is 1. The van der Waals surface area contributed by atoms with Crippen LogP contribution in [-0.4, -0.2) is 44.2 Å². The normalized spacial score (nSPS) is 21.3. The highest BCUT2D eigenvalue weighted by atomic mass is 32.2. The van der Waals surface area contributed by atoms with Crippen molar-refractivity contribution in [1.29, 1.82) is 0 Å². The van der Waals surface area contributed by atoms with Crippen molar-refractivity contribution in [1.82, 2.24) is 20.1 Å². The summed E-state index contributed by atoms with van der Waals surface area (Å²) in [6.07, 6.45) is 6.42. The number of nitrogens with one attached hydrogen (secondary N) is 2. The summed E-state index contributed by atoms with van der Waals surface area (Å²) in [6.45, 7) is 5.78. The second-order valence-corrected chi connectivity index (χ2v) is 10.5. The van der Waals surface area contributed by atoms with Gasteiger partial charge in [-0.15, -0.1) is 4.36 Å². The van der Waals surface area contributed by atoms with E-state index in [-0.39, 0.29) is 10.9 Å². The summed E-state index contributed by atoms with van der Waals surface area (Å²) in [7, 11) is -3.53. The smallest absolute Gasteiger partial charge is 0.354 e. The Morgan fingerprint density at radius 1 is 1.41 bits per heavy atom. The van der Waals surface area contributed by atoms with E-state index in [1.165, 1.54) is 6.20 Å². The number of carbonyl (C=O) groups is 1. The van der Waals surface area contributed by atoms with Gasteiger partial charge in [0.1, 0.15) is 11.5 Å². The fourth-order valence-electron chi connectivity index (χ4n) is 4.62. The van der Waals surface area contributed by atoms with E-state index < -0.39 is 15.9 Å². The fraction of sp³-hybridized carbons (Fsp3) is 0.571. The van der Waals surface area contributed by atoms with Crippen LogP contribution in [0.4, 0.5) is 10.5 Å². The Morgan fingerprint density at radius 2 is 2.22 bits per heavy atom. The highest BCUT2D eigenvalue weighted by molar-refractivity contribution is 7.91. The molecule has 2 aromatic rings. The molecule has 10 nitrogen and oxygen atoms in total. The molecule has 0 aromatic carbocycles. The number of aryl methyl sites for hydroxylation is 1. The van der Waals surface area contributed by atoms with E-state index in [0.717, 1.165) is 66.9 Å². The van der Waals surface area contributed by atoms with E-state index in [1.807, 2.05) is 13.8 Å². The standard InChI is InChI=1S/C21H29N7O3S/c1-3-23-14-10-28-20(31-11-14)17(9-24-28)32(22,30)27-21(29)26-19-12(2)18(13-7-8-13)25-16-6-4-5-15(16)19/h9,13-14,23H,3-8,10-11H2,1-2H3,(H3,22,25,26,27,29,30). The number of hydrogen-bond acceptors (Lipinski definition) is 6. The largest absolute Gasteiger partial charge is 0.475 e. The van der Waals surface area contributed by atoms with Crippen molar-refractivity contribution in [2.45, 2.75) is 69.4 Å². The average molecular weight is 460 g/mol. The van der Waals surface area contributed by atoms with Crippen LogP contribution in [0.1, 0.15) is 54.6 Å². The fourth-order valence-corrected chi connectivity index (χ4v) is 5.62. The molecule has 4 N–H and O–H groups in total. The van der Waals surface area contributed by atoms with Crippen molar-refractivity contribution in [3.8, 4) is 5.88 Å². The highest BCUT2D eigenvalue weighted by Gasteiger charge is 2.32. The van der Waals surface area contributed by atoms with Gasteiger partial charge in [0.25, 0.3) is 0 Å². The number of ether oxygens (including phenoxy) is 1. The summed E-state index contributed by atoms with van der Waals surface area (Å²) in [6, 6.07) is -0.629. The molecule has 1 saturated carbocycles. The highest BCUT2D eigenvalue weighted by Crippen LogP contribution is 2.44. The van der Waals surface area contributed by atoms with Crippen molar-refractivity contribution in [2.24, 2.45) is 9.50 Å². The van der Waals surface area contributed by atoms with Gasteiger partial charge in [0, 0.05) is 17.3 Å². The van der Waals surface area contributed by atoms with E-state index in [2.05, 4.69) is 20.1 Å². The van der Waals surface area contributed by atoms with E-state index in [0.29, 0.717) is 24.9 Å². The van der Waals surface area contributed by atoms with Crippen LogP contribution in [0.2, 0.25) is 0 Å². The molecule has 2 atom stereocenters. The van der Waals surface area contributed by atoms with Gasteiger partial charge in [-0.05, 0) is 56.7 Å². The van der Waals surface area contributed by atoms with Gasteiger partial charge >= 0.3 is 6.03 Å². The topological polar surface area (TPSA) is 137 Å². The number of pyridine rings is 1. The van der Waals surface area contributed by atoms with E-state index in [4.69, 9.17) is 14.9 Å². The quantitative estimate of drug-likeness (QED) is 0.627. The Balaban J connectivity index is 1.42. The third-order valence-electron chi connectivity index (χ3n) is 6.30. The first kappa shape index (κ1) is 21.4. The number of nitrogens with two attached hydrogens (primary N) is 1. The average Bonchev–Trinajstić information content (AvgIpc) is 3.31. The van der Waals surface area contributed by atoms with Crippen LogP contribution in [0.25, 0.3) is 0 Å². The van der Waals surface area contributed by atoms with Gasteiger partial charge in [-0.1, -0.05) is 6.92 Å². The molecule has 2 unspecified atom stereocenters. The zero-order chi connectivity index (χ0) is 22.5. The van der Waals surface area contributed by atoms with Crippen LogP contribution in [0.5, 0.6) is 5.88 Å². The molecule has 2 aromatic heterocycles. The SMILES string of the molecule is CCNC1COc2c(S(N)(=O)=NC(=O)Nc3c(C)c(C4CC4)nc4c3CCC4)cnn2C1. The lowest BCUT2D eigenvalue weighted by Gasteiger charge is -2.25. The second kappa shape index (κ2) is 8.13. The molecular weight excluding hydrogens is 430 g/mol. The summed E-state index contributed by atoms with van der Waals surface area (Å²) in [5.74, 6) is 0.773. The molecule has 0 saturated heterocycles. The van der Waals surface area contributed by atoms with Crippen molar-refractivity contribution in [3.05, 3.63) is 28.7 Å². The maximum Gasteiger partial charge on any atom is 0.354 e. The van der Waals surface area contributed by atoms with Crippen molar-refractivity contribution >= 4 is 21.6 Å². The van der Waals surface area contributed by atoms with E-state index >= 15 is 0 Å². The monoisotopic (exact) mass is 459 g/mol. The molecule has 0 radical (unpaired) electrons. The maximum absolute atomic E-state index is 13.2. The summed E-state index contributed by atoms with van der Waals surface area (Å²) >= 11 is 0. The molecule has 0 bridgehead atoms. The number of anilines is 1. The van der Waals surface area contributed by atoms with Crippen LogP contribution in [-0.2, 0) is 29.3 Å². The Morgan fingerprint density at radius 3 is 2.97 bits per heavy atom. The van der Waals surface area contributed by atoms with Crippen LogP contribution in [0.3, 0.4) is 0 Å². The molecule has 172 valence electrons. The molecule has 11 heteroatoms. The number of hydrogen-bond donors (Lipinski definition) is 3. The number of amides is 2. The number of aromatic nitrogens is 3. The first-order valence-corrected chi connectivity index (χ1v) is 12.7. The zero-order valence-corrected chi connectivity index (χ0v) is 19.2. The second-order valence-electron chi connectivity index (χ2n) is 8.70.